The van der Waals surface area contributed by atoms with Crippen LogP contribution in [0, 0.1) is 10.8 Å². The summed E-state index contributed by atoms with van der Waals surface area (Å²) in [5.74, 6) is 0.994. The molecule has 2 aromatic heterocycles. The molecule has 1 amide bonds. The first kappa shape index (κ1) is 23.0. The highest BCUT2D eigenvalue weighted by Crippen LogP contribution is 2.43. The molecule has 0 aromatic carbocycles. The van der Waals surface area contributed by atoms with Crippen LogP contribution in [0.2, 0.25) is 0 Å². The van der Waals surface area contributed by atoms with Crippen molar-refractivity contribution < 1.29 is 4.79 Å². The van der Waals surface area contributed by atoms with Crippen LogP contribution >= 0.6 is 0 Å². The SMILES string of the molecule is CNc1nc(C2CCC(C)(C)C(NC(=O)c3cnccn3)C2)ccc1NCC(C)(C)C. The van der Waals surface area contributed by atoms with Crippen LogP contribution in [-0.4, -0.2) is 40.5 Å². The number of pyridine rings is 1. The van der Waals surface area contributed by atoms with E-state index < -0.39 is 0 Å². The van der Waals surface area contributed by atoms with Gasteiger partial charge in [-0.15, -0.1) is 0 Å². The lowest BCUT2D eigenvalue weighted by molar-refractivity contribution is 0.0831. The largest absolute Gasteiger partial charge is 0.382 e. The highest BCUT2D eigenvalue weighted by molar-refractivity contribution is 5.92. The minimum Gasteiger partial charge on any atom is -0.382 e. The van der Waals surface area contributed by atoms with Gasteiger partial charge < -0.3 is 16.0 Å². The van der Waals surface area contributed by atoms with E-state index in [1.54, 1.807) is 12.4 Å². The van der Waals surface area contributed by atoms with Gasteiger partial charge in [0.25, 0.3) is 5.91 Å². The van der Waals surface area contributed by atoms with E-state index in [2.05, 4.69) is 72.7 Å². The Morgan fingerprint density at radius 3 is 2.65 bits per heavy atom. The number of hydrogen-bond donors (Lipinski definition) is 3. The molecule has 7 heteroatoms. The van der Waals surface area contributed by atoms with E-state index in [-0.39, 0.29) is 22.8 Å². The van der Waals surface area contributed by atoms with Crippen molar-refractivity contribution in [2.45, 2.75) is 65.8 Å². The topological polar surface area (TPSA) is 91.8 Å². The number of amides is 1. The smallest absolute Gasteiger partial charge is 0.271 e. The van der Waals surface area contributed by atoms with Crippen molar-refractivity contribution in [2.24, 2.45) is 10.8 Å². The average Bonchev–Trinajstić information content (AvgIpc) is 2.73. The van der Waals surface area contributed by atoms with Gasteiger partial charge in [0, 0.05) is 43.6 Å². The van der Waals surface area contributed by atoms with Gasteiger partial charge in [0.2, 0.25) is 0 Å². The van der Waals surface area contributed by atoms with E-state index in [4.69, 9.17) is 4.98 Å². The summed E-state index contributed by atoms with van der Waals surface area (Å²) in [4.78, 5) is 25.8. The predicted octanol–water partition coefficient (Wildman–Crippen LogP) is 4.46. The van der Waals surface area contributed by atoms with Crippen LogP contribution in [0.5, 0.6) is 0 Å². The summed E-state index contributed by atoms with van der Waals surface area (Å²) in [6.07, 6.45) is 7.54. The minimum atomic E-state index is -0.169. The molecule has 0 aliphatic heterocycles. The summed E-state index contributed by atoms with van der Waals surface area (Å²) < 4.78 is 0. The Morgan fingerprint density at radius 1 is 1.23 bits per heavy atom. The second-order valence-corrected chi connectivity index (χ2v) is 10.4. The summed E-state index contributed by atoms with van der Waals surface area (Å²) in [6.45, 7) is 11.9. The van der Waals surface area contributed by atoms with E-state index in [0.717, 1.165) is 43.0 Å². The summed E-state index contributed by atoms with van der Waals surface area (Å²) in [5.41, 5.74) is 2.64. The fourth-order valence-electron chi connectivity index (χ4n) is 4.01. The van der Waals surface area contributed by atoms with Crippen molar-refractivity contribution in [1.29, 1.82) is 0 Å². The molecular weight excluding hydrogens is 388 g/mol. The van der Waals surface area contributed by atoms with Crippen LogP contribution in [0.3, 0.4) is 0 Å². The molecule has 0 bridgehead atoms. The Labute approximate surface area is 185 Å². The number of nitrogens with zero attached hydrogens (tertiary/aromatic N) is 3. The van der Waals surface area contributed by atoms with E-state index >= 15 is 0 Å². The maximum Gasteiger partial charge on any atom is 0.271 e. The van der Waals surface area contributed by atoms with Crippen LogP contribution in [-0.2, 0) is 0 Å². The molecule has 0 radical (unpaired) electrons. The highest BCUT2D eigenvalue weighted by atomic mass is 16.2. The number of hydrogen-bond acceptors (Lipinski definition) is 6. The summed E-state index contributed by atoms with van der Waals surface area (Å²) in [5, 5.41) is 9.94. The molecule has 1 aliphatic rings. The van der Waals surface area contributed by atoms with Gasteiger partial charge in [-0.3, -0.25) is 9.78 Å². The van der Waals surface area contributed by atoms with Crippen LogP contribution < -0.4 is 16.0 Å². The van der Waals surface area contributed by atoms with Crippen molar-refractivity contribution in [2.75, 3.05) is 24.2 Å². The Hall–Kier alpha value is -2.70. The van der Waals surface area contributed by atoms with Gasteiger partial charge >= 0.3 is 0 Å². The van der Waals surface area contributed by atoms with Crippen molar-refractivity contribution in [1.82, 2.24) is 20.3 Å². The maximum atomic E-state index is 12.7. The highest BCUT2D eigenvalue weighted by Gasteiger charge is 2.38. The zero-order valence-electron chi connectivity index (χ0n) is 19.6. The standard InChI is InChI=1S/C24H36N6O/c1-23(2,3)15-28-18-8-7-17(29-21(18)25-6)16-9-10-24(4,5)20(13-16)30-22(31)19-14-26-11-12-27-19/h7-8,11-12,14,16,20,28H,9-10,13,15H2,1-6H3,(H,25,29)(H,30,31). The molecule has 1 saturated carbocycles. The summed E-state index contributed by atoms with van der Waals surface area (Å²) >= 11 is 0. The van der Waals surface area contributed by atoms with Crippen LogP contribution in [0.1, 0.15) is 76.0 Å². The monoisotopic (exact) mass is 424 g/mol. The Balaban J connectivity index is 1.74. The van der Waals surface area contributed by atoms with Gasteiger partial charge in [-0.25, -0.2) is 9.97 Å². The third-order valence-electron chi connectivity index (χ3n) is 6.08. The molecule has 31 heavy (non-hydrogen) atoms. The van der Waals surface area contributed by atoms with Crippen molar-refractivity contribution in [3.8, 4) is 0 Å². The average molecular weight is 425 g/mol. The Morgan fingerprint density at radius 2 is 2.00 bits per heavy atom. The van der Waals surface area contributed by atoms with E-state index in [0.29, 0.717) is 11.6 Å². The van der Waals surface area contributed by atoms with Crippen molar-refractivity contribution in [3.05, 3.63) is 42.1 Å². The molecule has 7 nitrogen and oxygen atoms in total. The van der Waals surface area contributed by atoms with Crippen molar-refractivity contribution >= 4 is 17.4 Å². The number of carbonyl (C=O) groups is 1. The Bertz CT molecular complexity index is 891. The quantitative estimate of drug-likeness (QED) is 0.634. The second kappa shape index (κ2) is 9.20. The fraction of sp³-hybridized carbons (Fsp3) is 0.583. The molecule has 2 unspecified atom stereocenters. The second-order valence-electron chi connectivity index (χ2n) is 10.4. The first-order valence-electron chi connectivity index (χ1n) is 11.1. The van der Waals surface area contributed by atoms with Crippen LogP contribution in [0.15, 0.2) is 30.7 Å². The molecule has 2 atom stereocenters. The summed E-state index contributed by atoms with van der Waals surface area (Å²) in [6, 6.07) is 4.28. The molecular formula is C24H36N6O. The zero-order chi connectivity index (χ0) is 22.6. The maximum absolute atomic E-state index is 12.7. The number of anilines is 2. The molecule has 0 saturated heterocycles. The molecule has 0 spiro atoms. The third kappa shape index (κ3) is 5.93. The molecule has 168 valence electrons. The van der Waals surface area contributed by atoms with Gasteiger partial charge in [0.1, 0.15) is 11.5 Å². The van der Waals surface area contributed by atoms with Gasteiger partial charge in [-0.2, -0.15) is 0 Å². The first-order valence-corrected chi connectivity index (χ1v) is 11.1. The van der Waals surface area contributed by atoms with Crippen molar-refractivity contribution in [3.63, 3.8) is 0 Å². The van der Waals surface area contributed by atoms with Gasteiger partial charge in [0.05, 0.1) is 11.9 Å². The van der Waals surface area contributed by atoms with Gasteiger partial charge in [0.15, 0.2) is 0 Å². The molecule has 3 rings (SSSR count). The van der Waals surface area contributed by atoms with E-state index in [9.17, 15) is 4.79 Å². The van der Waals surface area contributed by atoms with E-state index in [1.807, 2.05) is 7.05 Å². The predicted molar refractivity (Wildman–Crippen MR) is 125 cm³/mol. The van der Waals surface area contributed by atoms with Crippen LogP contribution in [0.25, 0.3) is 0 Å². The number of aromatic nitrogens is 3. The lowest BCUT2D eigenvalue weighted by Crippen LogP contribution is -2.48. The molecule has 3 N–H and O–H groups in total. The lowest BCUT2D eigenvalue weighted by atomic mass is 9.68. The summed E-state index contributed by atoms with van der Waals surface area (Å²) in [7, 11) is 1.91. The minimum absolute atomic E-state index is 0.00834. The van der Waals surface area contributed by atoms with Crippen LogP contribution in [0.4, 0.5) is 11.5 Å². The fourth-order valence-corrected chi connectivity index (χ4v) is 4.01. The molecule has 1 aliphatic carbocycles. The number of rotatable bonds is 6. The first-order chi connectivity index (χ1) is 14.6. The number of nitrogens with one attached hydrogen (secondary N) is 3. The Kier molecular flexibility index (Phi) is 6.82. The molecule has 1 fully saturated rings. The third-order valence-corrected chi connectivity index (χ3v) is 6.08. The zero-order valence-corrected chi connectivity index (χ0v) is 19.6. The normalized spacial score (nSPS) is 20.7. The van der Waals surface area contributed by atoms with Gasteiger partial charge in [-0.1, -0.05) is 34.6 Å². The van der Waals surface area contributed by atoms with E-state index in [1.165, 1.54) is 6.20 Å². The van der Waals surface area contributed by atoms with Gasteiger partial charge in [-0.05, 0) is 42.2 Å². The molecule has 2 heterocycles. The number of carbonyl (C=O) groups excluding carboxylic acids is 1. The lowest BCUT2D eigenvalue weighted by Gasteiger charge is -2.42. The molecule has 2 aromatic rings.